The lowest BCUT2D eigenvalue weighted by Crippen LogP contribution is -2.39. The number of carbonyl (C=O) groups excluding carboxylic acids is 1. The van der Waals surface area contributed by atoms with Crippen LogP contribution in [0.1, 0.15) is 13.8 Å². The molecule has 0 aromatic heterocycles. The Bertz CT molecular complexity index is 420. The minimum Gasteiger partial charge on any atom is -0.304 e. The van der Waals surface area contributed by atoms with Crippen LogP contribution in [-0.2, 0) is 4.79 Å². The summed E-state index contributed by atoms with van der Waals surface area (Å²) in [5.74, 6) is -0.0891. The third-order valence-corrected chi connectivity index (χ3v) is 3.51. The van der Waals surface area contributed by atoms with Crippen molar-refractivity contribution in [2.75, 3.05) is 10.8 Å². The molecule has 1 unspecified atom stereocenters. The number of amides is 1. The quantitative estimate of drug-likeness (QED) is 0.452. The van der Waals surface area contributed by atoms with E-state index in [0.29, 0.717) is 0 Å². The number of halogens is 2. The highest BCUT2D eigenvalue weighted by Crippen LogP contribution is 2.24. The highest BCUT2D eigenvalue weighted by molar-refractivity contribution is 14.1. The van der Waals surface area contributed by atoms with Crippen molar-refractivity contribution in [3.8, 4) is 0 Å². The van der Waals surface area contributed by atoms with Crippen LogP contribution in [-0.4, -0.2) is 17.8 Å². The van der Waals surface area contributed by atoms with Crippen LogP contribution >= 0.6 is 34.2 Å². The predicted octanol–water partition coefficient (Wildman–Crippen LogP) is 3.83. The van der Waals surface area contributed by atoms with Crippen LogP contribution in [0.3, 0.4) is 0 Å². The monoisotopic (exact) mass is 363 g/mol. The Morgan fingerprint density at radius 2 is 2.18 bits per heavy atom. The van der Waals surface area contributed by atoms with E-state index in [0.717, 1.165) is 9.26 Å². The molecule has 0 fully saturated rings. The first-order valence-electron chi connectivity index (χ1n) is 5.37. The lowest BCUT2D eigenvalue weighted by atomic mass is 10.2. The molecule has 92 valence electrons. The van der Waals surface area contributed by atoms with Crippen molar-refractivity contribution in [2.45, 2.75) is 19.9 Å². The number of nitrogens with zero attached hydrogens (tertiary/aromatic N) is 1. The molecular weight excluding hydrogens is 349 g/mol. The fraction of sp³-hybridized carbons (Fsp3) is 0.308. The van der Waals surface area contributed by atoms with Gasteiger partial charge in [-0.1, -0.05) is 24.3 Å². The molecule has 0 aliphatic heterocycles. The highest BCUT2D eigenvalue weighted by Gasteiger charge is 2.20. The molecule has 2 nitrogen and oxygen atoms in total. The Balaban J connectivity index is 3.15. The van der Waals surface area contributed by atoms with Crippen molar-refractivity contribution in [3.63, 3.8) is 0 Å². The molecule has 0 heterocycles. The first-order chi connectivity index (χ1) is 8.11. The number of anilines is 1. The second kappa shape index (κ2) is 7.01. The van der Waals surface area contributed by atoms with Gasteiger partial charge in [0.15, 0.2) is 0 Å². The van der Waals surface area contributed by atoms with Crippen molar-refractivity contribution in [1.29, 1.82) is 0 Å². The second-order valence-electron chi connectivity index (χ2n) is 3.62. The van der Waals surface area contributed by atoms with Gasteiger partial charge in [-0.3, -0.25) is 4.79 Å². The van der Waals surface area contributed by atoms with Gasteiger partial charge in [0.05, 0.1) is 11.7 Å². The average molecular weight is 364 g/mol. The van der Waals surface area contributed by atoms with Gasteiger partial charge in [0.25, 0.3) is 0 Å². The Labute approximate surface area is 121 Å². The molecular formula is C13H15ClINO. The van der Waals surface area contributed by atoms with Gasteiger partial charge in [0.2, 0.25) is 5.91 Å². The van der Waals surface area contributed by atoms with Crippen LogP contribution in [0.4, 0.5) is 5.69 Å². The van der Waals surface area contributed by atoms with Crippen molar-refractivity contribution >= 4 is 45.8 Å². The van der Waals surface area contributed by atoms with Gasteiger partial charge in [0.1, 0.15) is 5.88 Å². The lowest BCUT2D eigenvalue weighted by Gasteiger charge is -2.27. The molecule has 0 saturated carbocycles. The summed E-state index contributed by atoms with van der Waals surface area (Å²) in [5.41, 5.74) is 0.907. The van der Waals surface area contributed by atoms with E-state index in [1.165, 1.54) is 0 Å². The zero-order valence-electron chi connectivity index (χ0n) is 9.86. The summed E-state index contributed by atoms with van der Waals surface area (Å²) in [4.78, 5) is 13.7. The fourth-order valence-corrected chi connectivity index (χ4v) is 2.43. The Morgan fingerprint density at radius 1 is 1.53 bits per heavy atom. The van der Waals surface area contributed by atoms with Crippen molar-refractivity contribution in [2.24, 2.45) is 0 Å². The smallest absolute Gasteiger partial charge is 0.242 e. The van der Waals surface area contributed by atoms with E-state index in [9.17, 15) is 4.79 Å². The molecule has 1 atom stereocenters. The number of hydrogen-bond acceptors (Lipinski definition) is 1. The van der Waals surface area contributed by atoms with Crippen LogP contribution in [0.15, 0.2) is 36.4 Å². The van der Waals surface area contributed by atoms with E-state index in [1.54, 1.807) is 4.90 Å². The summed E-state index contributed by atoms with van der Waals surface area (Å²) in [7, 11) is 0. The summed E-state index contributed by atoms with van der Waals surface area (Å²) in [6.07, 6.45) is 3.92. The van der Waals surface area contributed by atoms with E-state index in [1.807, 2.05) is 50.3 Å². The average Bonchev–Trinajstić information content (AvgIpc) is 2.32. The topological polar surface area (TPSA) is 20.3 Å². The number of hydrogen-bond donors (Lipinski definition) is 0. The molecule has 17 heavy (non-hydrogen) atoms. The van der Waals surface area contributed by atoms with Gasteiger partial charge >= 0.3 is 0 Å². The molecule has 0 aliphatic rings. The summed E-state index contributed by atoms with van der Waals surface area (Å²) >= 11 is 7.90. The molecule has 1 amide bonds. The fourth-order valence-electron chi connectivity index (χ4n) is 1.66. The van der Waals surface area contributed by atoms with Crippen LogP contribution in [0.5, 0.6) is 0 Å². The number of benzene rings is 1. The van der Waals surface area contributed by atoms with E-state index in [-0.39, 0.29) is 17.8 Å². The van der Waals surface area contributed by atoms with Gasteiger partial charge in [-0.2, -0.15) is 0 Å². The lowest BCUT2D eigenvalue weighted by molar-refractivity contribution is -0.116. The zero-order chi connectivity index (χ0) is 12.8. The Morgan fingerprint density at radius 3 is 2.71 bits per heavy atom. The zero-order valence-corrected chi connectivity index (χ0v) is 12.8. The standard InChI is InChI=1S/C13H15ClINO/c1-3-6-10(2)16(13(17)9-14)12-8-5-4-7-11(12)15/h3-8,10H,9H2,1-2H3/b6-3+. The third kappa shape index (κ3) is 3.71. The van der Waals surface area contributed by atoms with Crippen molar-refractivity contribution in [1.82, 2.24) is 0 Å². The normalized spacial score (nSPS) is 12.7. The predicted molar refractivity (Wildman–Crippen MR) is 81.6 cm³/mol. The summed E-state index contributed by atoms with van der Waals surface area (Å²) < 4.78 is 1.04. The summed E-state index contributed by atoms with van der Waals surface area (Å²) in [5, 5.41) is 0. The number of alkyl halides is 1. The van der Waals surface area contributed by atoms with Gasteiger partial charge in [-0.25, -0.2) is 0 Å². The van der Waals surface area contributed by atoms with Crippen LogP contribution < -0.4 is 4.90 Å². The van der Waals surface area contributed by atoms with E-state index in [4.69, 9.17) is 11.6 Å². The number of para-hydroxylation sites is 1. The molecule has 0 radical (unpaired) electrons. The maximum Gasteiger partial charge on any atom is 0.242 e. The summed E-state index contributed by atoms with van der Waals surface area (Å²) in [6, 6.07) is 7.80. The maximum absolute atomic E-state index is 11.9. The van der Waals surface area contributed by atoms with Crippen molar-refractivity contribution in [3.05, 3.63) is 40.0 Å². The van der Waals surface area contributed by atoms with Crippen LogP contribution in [0, 0.1) is 3.57 Å². The molecule has 0 bridgehead atoms. The van der Waals surface area contributed by atoms with Crippen LogP contribution in [0.25, 0.3) is 0 Å². The Hall–Kier alpha value is -0.550. The molecule has 4 heteroatoms. The molecule has 1 aromatic carbocycles. The first-order valence-corrected chi connectivity index (χ1v) is 6.98. The highest BCUT2D eigenvalue weighted by atomic mass is 127. The first kappa shape index (κ1) is 14.5. The Kier molecular flexibility index (Phi) is 5.98. The minimum absolute atomic E-state index is 0.00201. The van der Waals surface area contributed by atoms with E-state index < -0.39 is 0 Å². The molecule has 1 rings (SSSR count). The molecule has 0 aliphatic carbocycles. The van der Waals surface area contributed by atoms with Gasteiger partial charge in [-0.05, 0) is 48.6 Å². The van der Waals surface area contributed by atoms with E-state index in [2.05, 4.69) is 22.6 Å². The third-order valence-electron chi connectivity index (χ3n) is 2.37. The van der Waals surface area contributed by atoms with Gasteiger partial charge in [-0.15, -0.1) is 11.6 Å². The molecule has 0 spiro atoms. The van der Waals surface area contributed by atoms with Gasteiger partial charge in [0, 0.05) is 3.57 Å². The van der Waals surface area contributed by atoms with E-state index >= 15 is 0 Å². The molecule has 0 saturated heterocycles. The summed E-state index contributed by atoms with van der Waals surface area (Å²) in [6.45, 7) is 3.92. The SMILES string of the molecule is C/C=C/C(C)N(C(=O)CCl)c1ccccc1I. The minimum atomic E-state index is -0.0821. The van der Waals surface area contributed by atoms with Crippen molar-refractivity contribution < 1.29 is 4.79 Å². The second-order valence-corrected chi connectivity index (χ2v) is 5.04. The number of rotatable bonds is 4. The maximum atomic E-state index is 11.9. The number of allylic oxidation sites excluding steroid dienone is 1. The number of carbonyl (C=O) groups is 1. The van der Waals surface area contributed by atoms with Crippen LogP contribution in [0.2, 0.25) is 0 Å². The molecule has 0 N–H and O–H groups in total. The largest absolute Gasteiger partial charge is 0.304 e. The molecule has 1 aromatic rings. The van der Waals surface area contributed by atoms with Gasteiger partial charge < -0.3 is 4.90 Å².